The fraction of sp³-hybridized carbons (Fsp3) is 0.130. The minimum Gasteiger partial charge on any atom is -0.356 e. The van der Waals surface area contributed by atoms with Crippen molar-refractivity contribution < 1.29 is 4.79 Å². The number of urea groups is 1. The van der Waals surface area contributed by atoms with Crippen molar-refractivity contribution >= 4 is 22.6 Å². The van der Waals surface area contributed by atoms with Gasteiger partial charge in [-0.15, -0.1) is 0 Å². The molecule has 0 aliphatic carbocycles. The average molecular weight is 368 g/mol. The Morgan fingerprint density at radius 3 is 2.68 bits per heavy atom. The molecule has 5 heteroatoms. The highest BCUT2D eigenvalue weighted by Crippen LogP contribution is 2.38. The minimum absolute atomic E-state index is 0.107. The van der Waals surface area contributed by atoms with Gasteiger partial charge in [0.05, 0.1) is 0 Å². The van der Waals surface area contributed by atoms with Gasteiger partial charge in [0, 0.05) is 41.2 Å². The Hall–Kier alpha value is -3.60. The summed E-state index contributed by atoms with van der Waals surface area (Å²) in [5.41, 5.74) is 5.25. The molecule has 0 unspecified atom stereocenters. The van der Waals surface area contributed by atoms with E-state index in [1.165, 1.54) is 10.9 Å². The number of amides is 2. The van der Waals surface area contributed by atoms with Gasteiger partial charge < -0.3 is 15.2 Å². The number of nitrogens with zero attached hydrogens (tertiary/aromatic N) is 2. The van der Waals surface area contributed by atoms with Crippen LogP contribution < -0.4 is 5.32 Å². The third-order valence-electron chi connectivity index (χ3n) is 5.32. The number of rotatable bonds is 2. The highest BCUT2D eigenvalue weighted by molar-refractivity contribution is 5.91. The standard InChI is InChI=1S/C23H20N4O/c28-23(25-17-8-2-1-3-9-17)27-14-12-19-18-10-4-5-11-20(18)26-21(19)22(27)16-7-6-13-24-15-16/h1-11,13,15,22,26H,12,14H2,(H,25,28)/t22-/m1/s1. The van der Waals surface area contributed by atoms with Crippen LogP contribution in [0.5, 0.6) is 0 Å². The van der Waals surface area contributed by atoms with Gasteiger partial charge in [-0.3, -0.25) is 4.98 Å². The number of benzene rings is 2. The van der Waals surface area contributed by atoms with E-state index >= 15 is 0 Å². The number of aromatic nitrogens is 2. The maximum atomic E-state index is 13.2. The van der Waals surface area contributed by atoms with Crippen LogP contribution in [0.15, 0.2) is 79.1 Å². The molecule has 0 fully saturated rings. The Labute approximate surface area is 163 Å². The lowest BCUT2D eigenvalue weighted by atomic mass is 9.93. The summed E-state index contributed by atoms with van der Waals surface area (Å²) in [6.45, 7) is 0.646. The zero-order valence-electron chi connectivity index (χ0n) is 15.3. The van der Waals surface area contributed by atoms with Gasteiger partial charge >= 0.3 is 6.03 Å². The van der Waals surface area contributed by atoms with Gasteiger partial charge in [0.1, 0.15) is 6.04 Å². The van der Waals surface area contributed by atoms with E-state index in [0.29, 0.717) is 6.54 Å². The van der Waals surface area contributed by atoms with E-state index in [1.807, 2.05) is 59.6 Å². The summed E-state index contributed by atoms with van der Waals surface area (Å²) in [5, 5.41) is 4.26. The average Bonchev–Trinajstić information content (AvgIpc) is 3.13. The van der Waals surface area contributed by atoms with E-state index < -0.39 is 0 Å². The highest BCUT2D eigenvalue weighted by atomic mass is 16.2. The molecule has 0 spiro atoms. The highest BCUT2D eigenvalue weighted by Gasteiger charge is 2.34. The molecule has 4 aromatic rings. The molecule has 3 heterocycles. The Bertz CT molecular complexity index is 1120. The lowest BCUT2D eigenvalue weighted by Gasteiger charge is -2.36. The molecule has 1 atom stereocenters. The van der Waals surface area contributed by atoms with Gasteiger partial charge in [-0.05, 0) is 41.8 Å². The first-order chi connectivity index (χ1) is 13.8. The van der Waals surface area contributed by atoms with Crippen molar-refractivity contribution in [1.82, 2.24) is 14.9 Å². The number of para-hydroxylation sites is 2. The lowest BCUT2D eigenvalue weighted by molar-refractivity contribution is 0.193. The maximum absolute atomic E-state index is 13.2. The summed E-state index contributed by atoms with van der Waals surface area (Å²) in [4.78, 5) is 22.9. The molecule has 138 valence electrons. The molecule has 2 aromatic heterocycles. The zero-order chi connectivity index (χ0) is 18.9. The predicted molar refractivity (Wildman–Crippen MR) is 110 cm³/mol. The number of hydrogen-bond acceptors (Lipinski definition) is 2. The van der Waals surface area contributed by atoms with E-state index in [-0.39, 0.29) is 12.1 Å². The van der Waals surface area contributed by atoms with Gasteiger partial charge in [0.15, 0.2) is 0 Å². The number of aromatic amines is 1. The third kappa shape index (κ3) is 2.81. The van der Waals surface area contributed by atoms with Crippen LogP contribution in [0.1, 0.15) is 22.9 Å². The van der Waals surface area contributed by atoms with Crippen LogP contribution in [0.2, 0.25) is 0 Å². The van der Waals surface area contributed by atoms with Gasteiger partial charge in [0.2, 0.25) is 0 Å². The van der Waals surface area contributed by atoms with Crippen molar-refractivity contribution in [2.24, 2.45) is 0 Å². The molecule has 1 aliphatic heterocycles. The van der Waals surface area contributed by atoms with E-state index in [9.17, 15) is 4.79 Å². The minimum atomic E-state index is -0.200. The summed E-state index contributed by atoms with van der Waals surface area (Å²) >= 11 is 0. The Balaban J connectivity index is 1.58. The quantitative estimate of drug-likeness (QED) is 0.537. The number of nitrogens with one attached hydrogen (secondary N) is 2. The lowest BCUT2D eigenvalue weighted by Crippen LogP contribution is -2.43. The topological polar surface area (TPSA) is 61.0 Å². The number of hydrogen-bond donors (Lipinski definition) is 2. The van der Waals surface area contributed by atoms with Crippen molar-refractivity contribution in [3.05, 3.63) is 95.9 Å². The number of pyridine rings is 1. The Morgan fingerprint density at radius 1 is 1.04 bits per heavy atom. The molecule has 5 rings (SSSR count). The number of fused-ring (bicyclic) bond motifs is 3. The monoisotopic (exact) mass is 368 g/mol. The maximum Gasteiger partial charge on any atom is 0.322 e. The zero-order valence-corrected chi connectivity index (χ0v) is 15.3. The molecule has 5 nitrogen and oxygen atoms in total. The van der Waals surface area contributed by atoms with Crippen LogP contribution >= 0.6 is 0 Å². The van der Waals surface area contributed by atoms with E-state index in [1.54, 1.807) is 6.20 Å². The molecule has 0 bridgehead atoms. The van der Waals surface area contributed by atoms with Crippen LogP contribution in [0.4, 0.5) is 10.5 Å². The fourth-order valence-electron chi connectivity index (χ4n) is 4.06. The fourth-order valence-corrected chi connectivity index (χ4v) is 4.06. The van der Waals surface area contributed by atoms with Crippen LogP contribution in [0, 0.1) is 0 Å². The van der Waals surface area contributed by atoms with E-state index in [0.717, 1.165) is 28.9 Å². The van der Waals surface area contributed by atoms with E-state index in [2.05, 4.69) is 33.5 Å². The third-order valence-corrected chi connectivity index (χ3v) is 5.32. The summed E-state index contributed by atoms with van der Waals surface area (Å²) < 4.78 is 0. The van der Waals surface area contributed by atoms with Gasteiger partial charge in [-0.1, -0.05) is 42.5 Å². The summed E-state index contributed by atoms with van der Waals surface area (Å²) in [5.74, 6) is 0. The van der Waals surface area contributed by atoms with Crippen LogP contribution in [-0.4, -0.2) is 27.4 Å². The van der Waals surface area contributed by atoms with Crippen LogP contribution in [-0.2, 0) is 6.42 Å². The second-order valence-electron chi connectivity index (χ2n) is 6.99. The molecule has 0 saturated heterocycles. The predicted octanol–water partition coefficient (Wildman–Crippen LogP) is 4.74. The first-order valence-corrected chi connectivity index (χ1v) is 9.43. The smallest absolute Gasteiger partial charge is 0.322 e. The van der Waals surface area contributed by atoms with Crippen molar-refractivity contribution in [3.8, 4) is 0 Å². The second-order valence-corrected chi connectivity index (χ2v) is 6.99. The number of carbonyl (C=O) groups excluding carboxylic acids is 1. The van der Waals surface area contributed by atoms with Crippen molar-refractivity contribution in [3.63, 3.8) is 0 Å². The molecule has 2 N–H and O–H groups in total. The summed E-state index contributed by atoms with van der Waals surface area (Å²) in [6, 6.07) is 21.5. The Kier molecular flexibility index (Phi) is 4.05. The molecule has 28 heavy (non-hydrogen) atoms. The number of carbonyl (C=O) groups is 1. The van der Waals surface area contributed by atoms with Crippen molar-refractivity contribution in [2.75, 3.05) is 11.9 Å². The second kappa shape index (κ2) is 6.85. The normalized spacial score (nSPS) is 16.0. The summed E-state index contributed by atoms with van der Waals surface area (Å²) in [6.07, 6.45) is 4.42. The first kappa shape index (κ1) is 16.6. The van der Waals surface area contributed by atoms with Gasteiger partial charge in [-0.25, -0.2) is 4.79 Å². The molecule has 2 aromatic carbocycles. The van der Waals surface area contributed by atoms with Gasteiger partial charge in [-0.2, -0.15) is 0 Å². The largest absolute Gasteiger partial charge is 0.356 e. The summed E-state index contributed by atoms with van der Waals surface area (Å²) in [7, 11) is 0. The molecule has 1 aliphatic rings. The first-order valence-electron chi connectivity index (χ1n) is 9.43. The molecular weight excluding hydrogens is 348 g/mol. The van der Waals surface area contributed by atoms with Crippen LogP contribution in [0.3, 0.4) is 0 Å². The molecule has 0 saturated carbocycles. The number of anilines is 1. The van der Waals surface area contributed by atoms with E-state index in [4.69, 9.17) is 0 Å². The molecule has 0 radical (unpaired) electrons. The Morgan fingerprint density at radius 2 is 1.86 bits per heavy atom. The molecule has 2 amide bonds. The van der Waals surface area contributed by atoms with Crippen molar-refractivity contribution in [2.45, 2.75) is 12.5 Å². The van der Waals surface area contributed by atoms with Crippen molar-refractivity contribution in [1.29, 1.82) is 0 Å². The SMILES string of the molecule is O=C(Nc1ccccc1)N1CCc2c([nH]c3ccccc23)[C@H]1c1cccnc1. The van der Waals surface area contributed by atoms with Gasteiger partial charge in [0.25, 0.3) is 0 Å². The number of H-pyrrole nitrogens is 1. The van der Waals surface area contributed by atoms with Crippen LogP contribution in [0.25, 0.3) is 10.9 Å². The molecular formula is C23H20N4O.